The first-order chi connectivity index (χ1) is 14.0. The summed E-state index contributed by atoms with van der Waals surface area (Å²) in [6.07, 6.45) is 1.65. The zero-order valence-electron chi connectivity index (χ0n) is 16.9. The summed E-state index contributed by atoms with van der Waals surface area (Å²) in [5.41, 5.74) is 5.85. The summed E-state index contributed by atoms with van der Waals surface area (Å²) in [6, 6.07) is 14.1. The minimum atomic E-state index is -0.177. The molecule has 3 aromatic rings. The van der Waals surface area contributed by atoms with Gasteiger partial charge in [0.15, 0.2) is 5.69 Å². The predicted octanol–water partition coefficient (Wildman–Crippen LogP) is 3.71. The lowest BCUT2D eigenvalue weighted by Crippen LogP contribution is -2.27. The van der Waals surface area contributed by atoms with Crippen LogP contribution in [0.25, 0.3) is 0 Å². The highest BCUT2D eigenvalue weighted by Gasteiger charge is 2.26. The van der Waals surface area contributed by atoms with E-state index >= 15 is 0 Å². The minimum Gasteiger partial charge on any atom is -0.497 e. The van der Waals surface area contributed by atoms with Gasteiger partial charge in [-0.2, -0.15) is 0 Å². The van der Waals surface area contributed by atoms with Gasteiger partial charge in [0.1, 0.15) is 11.9 Å². The van der Waals surface area contributed by atoms with E-state index < -0.39 is 0 Å². The van der Waals surface area contributed by atoms with E-state index in [0.717, 1.165) is 22.6 Å². The smallest absolute Gasteiger partial charge is 0.272 e. The number of carbonyl (C=O) groups excluding carboxylic acids is 1. The number of benzene rings is 2. The molecule has 1 aliphatic rings. The molecule has 1 aliphatic heterocycles. The maximum absolute atomic E-state index is 12.7. The van der Waals surface area contributed by atoms with Gasteiger partial charge >= 0.3 is 0 Å². The van der Waals surface area contributed by atoms with Crippen LogP contribution >= 0.6 is 0 Å². The van der Waals surface area contributed by atoms with Crippen LogP contribution in [0.2, 0.25) is 0 Å². The van der Waals surface area contributed by atoms with Crippen LogP contribution in [-0.4, -0.2) is 22.6 Å². The normalized spacial score (nSPS) is 15.6. The summed E-state index contributed by atoms with van der Waals surface area (Å²) in [5, 5.41) is 2.97. The van der Waals surface area contributed by atoms with Gasteiger partial charge in [-0.05, 0) is 48.2 Å². The molecule has 6 nitrogen and oxygen atoms in total. The fraction of sp³-hybridized carbons (Fsp3) is 0.304. The number of rotatable bonds is 5. The van der Waals surface area contributed by atoms with Crippen molar-refractivity contribution in [3.8, 4) is 5.75 Å². The SMILES string of the molecule is COc1ccc([C@@H]2Cn3cnc(C(=O)NCc4ccc(C)c(C)c4)c3CO2)cc1. The summed E-state index contributed by atoms with van der Waals surface area (Å²) >= 11 is 0. The summed E-state index contributed by atoms with van der Waals surface area (Å²) in [5.74, 6) is 0.638. The molecule has 1 atom stereocenters. The number of nitrogens with one attached hydrogen (secondary N) is 1. The number of carbonyl (C=O) groups is 1. The van der Waals surface area contributed by atoms with Gasteiger partial charge in [-0.15, -0.1) is 0 Å². The third-order valence-electron chi connectivity index (χ3n) is 5.46. The average molecular weight is 391 g/mol. The van der Waals surface area contributed by atoms with Gasteiger partial charge in [0.25, 0.3) is 5.91 Å². The molecule has 6 heteroatoms. The first kappa shape index (κ1) is 19.2. The van der Waals surface area contributed by atoms with Crippen LogP contribution in [0.1, 0.15) is 44.5 Å². The van der Waals surface area contributed by atoms with Gasteiger partial charge in [-0.1, -0.05) is 30.3 Å². The van der Waals surface area contributed by atoms with Crippen molar-refractivity contribution in [2.45, 2.75) is 39.6 Å². The Morgan fingerprint density at radius 2 is 2.00 bits per heavy atom. The number of aryl methyl sites for hydroxylation is 2. The first-order valence-corrected chi connectivity index (χ1v) is 9.69. The third kappa shape index (κ3) is 4.03. The fourth-order valence-corrected chi connectivity index (χ4v) is 3.52. The summed E-state index contributed by atoms with van der Waals surface area (Å²) in [7, 11) is 1.65. The molecule has 1 amide bonds. The molecule has 1 N–H and O–H groups in total. The van der Waals surface area contributed by atoms with Gasteiger partial charge in [-0.25, -0.2) is 4.98 Å². The van der Waals surface area contributed by atoms with Gasteiger partial charge < -0.3 is 19.4 Å². The number of hydrogen-bond donors (Lipinski definition) is 1. The van der Waals surface area contributed by atoms with E-state index in [9.17, 15) is 4.79 Å². The standard InChI is InChI=1S/C23H25N3O3/c1-15-4-5-17(10-16(15)2)11-24-23(27)22-20-13-29-21(12-26(20)14-25-22)18-6-8-19(28-3)9-7-18/h4-10,14,21H,11-13H2,1-3H3,(H,24,27)/t21-/m0/s1. The lowest BCUT2D eigenvalue weighted by atomic mass is 10.1. The van der Waals surface area contributed by atoms with Crippen molar-refractivity contribution < 1.29 is 14.3 Å². The summed E-state index contributed by atoms with van der Waals surface area (Å²) in [6.45, 7) is 5.60. The Kier molecular flexibility index (Phi) is 5.36. The van der Waals surface area contributed by atoms with Crippen molar-refractivity contribution in [2.75, 3.05) is 7.11 Å². The third-order valence-corrected chi connectivity index (χ3v) is 5.46. The van der Waals surface area contributed by atoms with Gasteiger partial charge in [-0.3, -0.25) is 4.79 Å². The van der Waals surface area contributed by atoms with E-state index in [0.29, 0.717) is 25.4 Å². The number of hydrogen-bond acceptors (Lipinski definition) is 4. The predicted molar refractivity (Wildman–Crippen MR) is 110 cm³/mol. The monoisotopic (exact) mass is 391 g/mol. The molecule has 4 rings (SSSR count). The van der Waals surface area contributed by atoms with Crippen molar-refractivity contribution in [3.63, 3.8) is 0 Å². The average Bonchev–Trinajstić information content (AvgIpc) is 3.18. The van der Waals surface area contributed by atoms with Crippen LogP contribution in [0.4, 0.5) is 0 Å². The van der Waals surface area contributed by atoms with E-state index in [1.807, 2.05) is 34.9 Å². The molecule has 0 saturated heterocycles. The number of ether oxygens (including phenoxy) is 2. The molecule has 29 heavy (non-hydrogen) atoms. The fourth-order valence-electron chi connectivity index (χ4n) is 3.52. The lowest BCUT2D eigenvalue weighted by Gasteiger charge is -2.25. The van der Waals surface area contributed by atoms with Gasteiger partial charge in [0.2, 0.25) is 0 Å². The zero-order valence-corrected chi connectivity index (χ0v) is 16.9. The second-order valence-electron chi connectivity index (χ2n) is 7.37. The Morgan fingerprint density at radius 1 is 1.21 bits per heavy atom. The van der Waals surface area contributed by atoms with E-state index in [1.165, 1.54) is 11.1 Å². The highest BCUT2D eigenvalue weighted by atomic mass is 16.5. The van der Waals surface area contributed by atoms with Crippen LogP contribution < -0.4 is 10.1 Å². The molecule has 2 heterocycles. The molecule has 0 bridgehead atoms. The topological polar surface area (TPSA) is 65.4 Å². The van der Waals surface area contributed by atoms with Crippen molar-refractivity contribution in [2.24, 2.45) is 0 Å². The number of imidazole rings is 1. The second-order valence-corrected chi connectivity index (χ2v) is 7.37. The number of fused-ring (bicyclic) bond motifs is 1. The summed E-state index contributed by atoms with van der Waals surface area (Å²) in [4.78, 5) is 17.0. The van der Waals surface area contributed by atoms with E-state index in [1.54, 1.807) is 13.4 Å². The Hall–Kier alpha value is -3.12. The molecular weight excluding hydrogens is 366 g/mol. The zero-order chi connectivity index (χ0) is 20.4. The molecule has 0 spiro atoms. The number of methoxy groups -OCH3 is 1. The van der Waals surface area contributed by atoms with Crippen molar-refractivity contribution in [1.29, 1.82) is 0 Å². The summed E-state index contributed by atoms with van der Waals surface area (Å²) < 4.78 is 13.2. The maximum Gasteiger partial charge on any atom is 0.272 e. The molecule has 150 valence electrons. The molecule has 0 radical (unpaired) electrons. The first-order valence-electron chi connectivity index (χ1n) is 9.69. The second kappa shape index (κ2) is 8.09. The molecular formula is C23H25N3O3. The van der Waals surface area contributed by atoms with Crippen molar-refractivity contribution in [3.05, 3.63) is 82.4 Å². The van der Waals surface area contributed by atoms with E-state index in [4.69, 9.17) is 9.47 Å². The van der Waals surface area contributed by atoms with E-state index in [-0.39, 0.29) is 12.0 Å². The number of amides is 1. The number of nitrogens with zero attached hydrogens (tertiary/aromatic N) is 2. The maximum atomic E-state index is 12.7. The Morgan fingerprint density at radius 3 is 2.72 bits per heavy atom. The molecule has 0 saturated carbocycles. The van der Waals surface area contributed by atoms with Crippen molar-refractivity contribution in [1.82, 2.24) is 14.9 Å². The van der Waals surface area contributed by atoms with Crippen molar-refractivity contribution >= 4 is 5.91 Å². The Balaban J connectivity index is 1.43. The number of aromatic nitrogens is 2. The molecule has 0 unspecified atom stereocenters. The minimum absolute atomic E-state index is 0.0750. The molecule has 0 aliphatic carbocycles. The van der Waals surface area contributed by atoms with Crippen LogP contribution in [0.15, 0.2) is 48.8 Å². The lowest BCUT2D eigenvalue weighted by molar-refractivity contribution is 0.00255. The Bertz CT molecular complexity index is 1020. The van der Waals surface area contributed by atoms with E-state index in [2.05, 4.69) is 36.3 Å². The highest BCUT2D eigenvalue weighted by molar-refractivity contribution is 5.93. The quantitative estimate of drug-likeness (QED) is 0.720. The van der Waals surface area contributed by atoms with Crippen LogP contribution in [0, 0.1) is 13.8 Å². The van der Waals surface area contributed by atoms with Crippen LogP contribution in [0.3, 0.4) is 0 Å². The van der Waals surface area contributed by atoms with Gasteiger partial charge in [0.05, 0.1) is 32.3 Å². The highest BCUT2D eigenvalue weighted by Crippen LogP contribution is 2.28. The van der Waals surface area contributed by atoms with Crippen LogP contribution in [0.5, 0.6) is 5.75 Å². The van der Waals surface area contributed by atoms with Crippen LogP contribution in [-0.2, 0) is 24.4 Å². The molecule has 0 fully saturated rings. The Labute approximate surface area is 170 Å². The molecule has 1 aromatic heterocycles. The molecule has 2 aromatic carbocycles. The largest absolute Gasteiger partial charge is 0.497 e. The van der Waals surface area contributed by atoms with Gasteiger partial charge in [0, 0.05) is 6.54 Å².